The van der Waals surface area contributed by atoms with Crippen molar-refractivity contribution in [2.45, 2.75) is 31.8 Å². The summed E-state index contributed by atoms with van der Waals surface area (Å²) in [4.78, 5) is 17.7. The molecular weight excluding hydrogens is 342 g/mol. The second kappa shape index (κ2) is 7.80. The van der Waals surface area contributed by atoms with Gasteiger partial charge in [-0.2, -0.15) is 0 Å². The number of quaternary nitrogens is 1. The number of carbonyl (C=O) groups excluding carboxylic acids is 1. The first-order valence-electron chi connectivity index (χ1n) is 9.71. The third kappa shape index (κ3) is 3.94. The molecule has 1 aliphatic heterocycles. The fourth-order valence-electron chi connectivity index (χ4n) is 4.04. The van der Waals surface area contributed by atoms with Crippen molar-refractivity contribution >= 4 is 22.9 Å². The Kier molecular flexibility index (Phi) is 5.27. The summed E-state index contributed by atoms with van der Waals surface area (Å²) < 4.78 is 0. The monoisotopic (exact) mass is 370 g/mol. The molecule has 2 aliphatic rings. The Morgan fingerprint density at radius 3 is 2.50 bits per heavy atom. The van der Waals surface area contributed by atoms with Crippen LogP contribution in [0.15, 0.2) is 47.8 Å². The number of hydrogen-bond acceptors (Lipinski definition) is 3. The molecule has 0 unspecified atom stereocenters. The Labute approximate surface area is 159 Å². The van der Waals surface area contributed by atoms with Crippen molar-refractivity contribution in [2.24, 2.45) is 5.92 Å². The molecule has 2 aromatic rings. The average Bonchev–Trinajstić information content (AvgIpc) is 3.40. The summed E-state index contributed by atoms with van der Waals surface area (Å²) in [5.41, 5.74) is 1.31. The second-order valence-corrected chi connectivity index (χ2v) is 8.52. The molecule has 1 saturated heterocycles. The van der Waals surface area contributed by atoms with Crippen LogP contribution in [0, 0.1) is 5.92 Å². The van der Waals surface area contributed by atoms with Gasteiger partial charge in [0, 0.05) is 11.6 Å². The van der Waals surface area contributed by atoms with Crippen LogP contribution in [0.3, 0.4) is 0 Å². The molecule has 138 valence electrons. The number of nitrogens with one attached hydrogen (secondary N) is 2. The Morgan fingerprint density at radius 1 is 1.15 bits per heavy atom. The number of anilines is 1. The first kappa shape index (κ1) is 17.6. The van der Waals surface area contributed by atoms with Gasteiger partial charge < -0.3 is 15.1 Å². The summed E-state index contributed by atoms with van der Waals surface area (Å²) >= 11 is 1.82. The number of carbonyl (C=O) groups is 1. The smallest absolute Gasteiger partial charge is 0.223 e. The third-order valence-electron chi connectivity index (χ3n) is 5.63. The first-order valence-corrected chi connectivity index (χ1v) is 10.6. The summed E-state index contributed by atoms with van der Waals surface area (Å²) in [7, 11) is 0. The zero-order valence-electron chi connectivity index (χ0n) is 15.4. The van der Waals surface area contributed by atoms with E-state index < -0.39 is 0 Å². The first-order chi connectivity index (χ1) is 12.7. The Balaban J connectivity index is 1.44. The number of nitrogens with zero attached hydrogens (tertiary/aromatic N) is 1. The zero-order valence-corrected chi connectivity index (χ0v) is 16.2. The largest absolute Gasteiger partial charge is 0.360 e. The molecule has 0 spiro atoms. The van der Waals surface area contributed by atoms with Gasteiger partial charge in [0.1, 0.15) is 6.04 Å². The van der Waals surface area contributed by atoms with Crippen molar-refractivity contribution in [1.29, 1.82) is 0 Å². The average molecular weight is 371 g/mol. The number of benzene rings is 1. The van der Waals surface area contributed by atoms with Crippen molar-refractivity contribution in [2.75, 3.05) is 31.1 Å². The van der Waals surface area contributed by atoms with Crippen molar-refractivity contribution in [3.8, 4) is 0 Å². The van der Waals surface area contributed by atoms with E-state index in [0.717, 1.165) is 39.0 Å². The minimum Gasteiger partial charge on any atom is -0.360 e. The Hall–Kier alpha value is -1.85. The fraction of sp³-hybridized carbons (Fsp3) is 0.476. The van der Waals surface area contributed by atoms with Crippen molar-refractivity contribution in [3.05, 3.63) is 52.7 Å². The number of rotatable bonds is 6. The lowest BCUT2D eigenvalue weighted by molar-refractivity contribution is -0.933. The summed E-state index contributed by atoms with van der Waals surface area (Å²) in [5.74, 6) is 0.521. The fourth-order valence-corrected chi connectivity index (χ4v) is 5.03. The Morgan fingerprint density at radius 2 is 1.88 bits per heavy atom. The van der Waals surface area contributed by atoms with Gasteiger partial charge in [-0.1, -0.05) is 24.3 Å². The molecule has 2 fully saturated rings. The van der Waals surface area contributed by atoms with Gasteiger partial charge in [-0.05, 0) is 43.3 Å². The maximum Gasteiger partial charge on any atom is 0.223 e. The lowest BCUT2D eigenvalue weighted by Crippen LogP contribution is -3.16. The van der Waals surface area contributed by atoms with Crippen LogP contribution in [0.1, 0.15) is 30.7 Å². The van der Waals surface area contributed by atoms with Gasteiger partial charge >= 0.3 is 0 Å². The highest BCUT2D eigenvalue weighted by molar-refractivity contribution is 7.10. The van der Waals surface area contributed by atoms with Gasteiger partial charge in [0.25, 0.3) is 0 Å². The highest BCUT2D eigenvalue weighted by Gasteiger charge is 2.37. The molecule has 4 nitrogen and oxygen atoms in total. The lowest BCUT2D eigenvalue weighted by atomic mass is 10.0. The molecule has 26 heavy (non-hydrogen) atoms. The van der Waals surface area contributed by atoms with E-state index in [1.165, 1.54) is 10.6 Å². The number of para-hydroxylation sites is 1. The SMILES string of the molecule is C[C@@H](NC(=O)C1CC1)[C@@H](c1cccs1)[NH+]1CCN(c2ccccc2)CC1. The molecule has 2 N–H and O–H groups in total. The van der Waals surface area contributed by atoms with E-state index in [1.807, 2.05) is 11.3 Å². The molecule has 2 heterocycles. The summed E-state index contributed by atoms with van der Waals surface area (Å²) in [5, 5.41) is 5.45. The van der Waals surface area contributed by atoms with Gasteiger partial charge in [-0.25, -0.2) is 0 Å². The van der Waals surface area contributed by atoms with Crippen LogP contribution in [-0.2, 0) is 4.79 Å². The molecule has 2 atom stereocenters. The molecular formula is C21H28N3OS+. The Bertz CT molecular complexity index is 706. The van der Waals surface area contributed by atoms with Gasteiger partial charge in [-0.15, -0.1) is 11.3 Å². The van der Waals surface area contributed by atoms with E-state index in [9.17, 15) is 4.79 Å². The van der Waals surface area contributed by atoms with Gasteiger partial charge in [0.05, 0.1) is 37.1 Å². The highest BCUT2D eigenvalue weighted by Crippen LogP contribution is 2.29. The van der Waals surface area contributed by atoms with Crippen LogP contribution in [0.4, 0.5) is 5.69 Å². The molecule has 0 bridgehead atoms. The van der Waals surface area contributed by atoms with Crippen molar-refractivity contribution in [1.82, 2.24) is 5.32 Å². The quantitative estimate of drug-likeness (QED) is 0.817. The van der Waals surface area contributed by atoms with Crippen LogP contribution >= 0.6 is 11.3 Å². The standard InChI is InChI=1S/C21H27N3OS/c1-16(22-21(25)17-9-10-17)20(19-8-5-15-26-19)24-13-11-23(12-14-24)18-6-3-2-4-7-18/h2-8,15-17,20H,9-14H2,1H3,(H,22,25)/p+1/t16-,20+/m1/s1. The van der Waals surface area contributed by atoms with E-state index in [1.54, 1.807) is 4.90 Å². The van der Waals surface area contributed by atoms with Gasteiger partial charge in [0.15, 0.2) is 0 Å². The molecule has 0 radical (unpaired) electrons. The minimum atomic E-state index is 0.167. The number of thiophene rings is 1. The van der Waals surface area contributed by atoms with E-state index in [0.29, 0.717) is 6.04 Å². The molecule has 1 saturated carbocycles. The second-order valence-electron chi connectivity index (χ2n) is 7.55. The van der Waals surface area contributed by atoms with Crippen LogP contribution in [0.2, 0.25) is 0 Å². The van der Waals surface area contributed by atoms with Crippen LogP contribution in [0.25, 0.3) is 0 Å². The highest BCUT2D eigenvalue weighted by atomic mass is 32.1. The van der Waals surface area contributed by atoms with Crippen LogP contribution < -0.4 is 15.1 Å². The summed E-state index contributed by atoms with van der Waals surface area (Å²) in [6.45, 7) is 6.50. The molecule has 1 amide bonds. The number of amides is 1. The lowest BCUT2D eigenvalue weighted by Gasteiger charge is -2.39. The van der Waals surface area contributed by atoms with E-state index in [4.69, 9.17) is 0 Å². The molecule has 1 aromatic heterocycles. The normalized spacial score (nSPS) is 20.6. The van der Waals surface area contributed by atoms with E-state index in [2.05, 4.69) is 65.0 Å². The van der Waals surface area contributed by atoms with Crippen molar-refractivity contribution < 1.29 is 9.69 Å². The summed E-state index contributed by atoms with van der Waals surface area (Å²) in [6, 6.07) is 15.5. The third-order valence-corrected chi connectivity index (χ3v) is 6.59. The van der Waals surface area contributed by atoms with Gasteiger partial charge in [-0.3, -0.25) is 4.79 Å². The predicted molar refractivity (Wildman–Crippen MR) is 107 cm³/mol. The summed E-state index contributed by atoms with van der Waals surface area (Å²) in [6.07, 6.45) is 2.12. The van der Waals surface area contributed by atoms with Gasteiger partial charge in [0.2, 0.25) is 5.91 Å². The molecule has 1 aliphatic carbocycles. The molecule has 5 heteroatoms. The predicted octanol–water partition coefficient (Wildman–Crippen LogP) is 2.11. The number of hydrogen-bond donors (Lipinski definition) is 2. The maximum absolute atomic E-state index is 12.3. The van der Waals surface area contributed by atoms with Crippen LogP contribution in [-0.4, -0.2) is 38.1 Å². The number of piperazine rings is 1. The van der Waals surface area contributed by atoms with E-state index in [-0.39, 0.29) is 17.9 Å². The van der Waals surface area contributed by atoms with E-state index >= 15 is 0 Å². The van der Waals surface area contributed by atoms with Crippen LogP contribution in [0.5, 0.6) is 0 Å². The minimum absolute atomic E-state index is 0.167. The molecule has 4 rings (SSSR count). The molecule has 1 aromatic carbocycles. The topological polar surface area (TPSA) is 36.8 Å². The zero-order chi connectivity index (χ0) is 17.9. The van der Waals surface area contributed by atoms with Crippen molar-refractivity contribution in [3.63, 3.8) is 0 Å². The maximum atomic E-state index is 12.3.